The van der Waals surface area contributed by atoms with Gasteiger partial charge in [-0.05, 0) is 54.6 Å². The van der Waals surface area contributed by atoms with Gasteiger partial charge in [0.15, 0.2) is 5.43 Å². The van der Waals surface area contributed by atoms with Crippen molar-refractivity contribution in [3.05, 3.63) is 136 Å². The van der Waals surface area contributed by atoms with Gasteiger partial charge in [0.2, 0.25) is 0 Å². The first kappa shape index (κ1) is 20.8. The van der Waals surface area contributed by atoms with Crippen molar-refractivity contribution in [2.45, 2.75) is 0 Å². The fraction of sp³-hybridized carbons (Fsp3) is 0. The number of pyridine rings is 2. The Morgan fingerprint density at radius 2 is 1.14 bits per heavy atom. The summed E-state index contributed by atoms with van der Waals surface area (Å²) in [6.07, 6.45) is 0. The highest BCUT2D eigenvalue weighted by molar-refractivity contribution is 7.72. The van der Waals surface area contributed by atoms with E-state index in [1.54, 1.807) is 0 Å². The number of fused-ring (bicyclic) bond motifs is 4. The topological polar surface area (TPSA) is 24.7 Å². The molecular weight excluding hydrogens is 460 g/mol. The number of nitrogens with zero attached hydrogens (tertiary/aromatic N) is 2. The molecule has 2 aromatic heterocycles. The van der Waals surface area contributed by atoms with Crippen LogP contribution in [0.1, 0.15) is 0 Å². The SMILES string of the molecule is O=c1c2ccc(N(c3ccccc3)c3ccccc3)cc2n2c3ccccc3c(=S)c3cccc1c32. The molecule has 4 heteroatoms. The number of benzene rings is 5. The average Bonchev–Trinajstić information content (AvgIpc) is 2.94. The minimum absolute atomic E-state index is 0.0257. The van der Waals surface area contributed by atoms with Gasteiger partial charge in [-0.3, -0.25) is 4.79 Å². The van der Waals surface area contributed by atoms with E-state index >= 15 is 0 Å². The van der Waals surface area contributed by atoms with E-state index in [9.17, 15) is 4.79 Å². The van der Waals surface area contributed by atoms with E-state index < -0.39 is 0 Å². The summed E-state index contributed by atoms with van der Waals surface area (Å²) in [6.45, 7) is 0. The molecule has 2 heterocycles. The van der Waals surface area contributed by atoms with Gasteiger partial charge in [0.25, 0.3) is 0 Å². The number of rotatable bonds is 3. The standard InChI is InChI=1S/C32H20N2OS/c35-31-24-19-18-23(33(21-10-3-1-4-11-21)22-12-5-2-6-13-22)20-29(24)34-28-17-8-7-14-25(28)32(36)27-16-9-15-26(31)30(27)34/h1-20H. The predicted octanol–water partition coefficient (Wildman–Crippen LogP) is 8.40. The van der Waals surface area contributed by atoms with Gasteiger partial charge < -0.3 is 9.30 Å². The van der Waals surface area contributed by atoms with Gasteiger partial charge in [0.1, 0.15) is 0 Å². The molecule has 7 rings (SSSR count). The number of aromatic nitrogens is 1. The highest BCUT2D eigenvalue weighted by atomic mass is 32.1. The Morgan fingerprint density at radius 3 is 1.86 bits per heavy atom. The summed E-state index contributed by atoms with van der Waals surface area (Å²) in [7, 11) is 0. The molecular formula is C32H20N2OS. The lowest BCUT2D eigenvalue weighted by atomic mass is 10.0. The Morgan fingerprint density at radius 1 is 0.528 bits per heavy atom. The fourth-order valence-electron chi connectivity index (χ4n) is 5.31. The maximum absolute atomic E-state index is 13.7. The molecule has 5 aromatic carbocycles. The van der Waals surface area contributed by atoms with Gasteiger partial charge in [-0.1, -0.05) is 78.9 Å². The molecule has 0 fully saturated rings. The Bertz CT molecular complexity index is 1980. The first-order valence-corrected chi connectivity index (χ1v) is 12.3. The monoisotopic (exact) mass is 480 g/mol. The summed E-state index contributed by atoms with van der Waals surface area (Å²) in [5, 5.41) is 3.30. The number of hydrogen-bond acceptors (Lipinski definition) is 3. The highest BCUT2D eigenvalue weighted by Gasteiger charge is 2.18. The Labute approximate surface area is 212 Å². The molecule has 0 bridgehead atoms. The zero-order valence-corrected chi connectivity index (χ0v) is 20.1. The van der Waals surface area contributed by atoms with Crippen LogP contribution in [0.5, 0.6) is 0 Å². The van der Waals surface area contributed by atoms with E-state index in [2.05, 4.69) is 51.8 Å². The Hall–Kier alpha value is -4.54. The largest absolute Gasteiger partial charge is 0.310 e. The molecule has 0 aliphatic heterocycles. The van der Waals surface area contributed by atoms with Crippen LogP contribution in [0.15, 0.2) is 126 Å². The first-order valence-electron chi connectivity index (χ1n) is 11.9. The zero-order valence-electron chi connectivity index (χ0n) is 19.3. The van der Waals surface area contributed by atoms with Gasteiger partial charge in [-0.2, -0.15) is 0 Å². The van der Waals surface area contributed by atoms with E-state index in [-0.39, 0.29) is 5.43 Å². The highest BCUT2D eigenvalue weighted by Crippen LogP contribution is 2.37. The van der Waals surface area contributed by atoms with Gasteiger partial charge in [0.05, 0.1) is 21.1 Å². The lowest BCUT2D eigenvalue weighted by molar-refractivity contribution is 1.27. The van der Waals surface area contributed by atoms with Crippen molar-refractivity contribution in [2.24, 2.45) is 0 Å². The third-order valence-electron chi connectivity index (χ3n) is 6.89. The van der Waals surface area contributed by atoms with Crippen molar-refractivity contribution in [3.63, 3.8) is 0 Å². The average molecular weight is 481 g/mol. The summed E-state index contributed by atoms with van der Waals surface area (Å²) in [5.74, 6) is 0. The molecule has 0 unspecified atom stereocenters. The summed E-state index contributed by atoms with van der Waals surface area (Å²) in [4.78, 5) is 15.9. The van der Waals surface area contributed by atoms with Gasteiger partial charge in [-0.15, -0.1) is 0 Å². The smallest absolute Gasteiger partial charge is 0.197 e. The summed E-state index contributed by atoms with van der Waals surface area (Å²) in [6, 6.07) is 40.7. The van der Waals surface area contributed by atoms with Crippen LogP contribution in [0, 0.1) is 4.51 Å². The third kappa shape index (κ3) is 2.98. The molecule has 7 aromatic rings. The van der Waals surface area contributed by atoms with Crippen molar-refractivity contribution in [3.8, 4) is 0 Å². The normalized spacial score (nSPS) is 11.6. The van der Waals surface area contributed by atoms with Gasteiger partial charge in [-0.25, -0.2) is 0 Å². The second-order valence-electron chi connectivity index (χ2n) is 8.92. The minimum Gasteiger partial charge on any atom is -0.310 e. The molecule has 0 radical (unpaired) electrons. The molecule has 0 aliphatic carbocycles. The van der Waals surface area contributed by atoms with Crippen molar-refractivity contribution in [2.75, 3.05) is 4.90 Å². The van der Waals surface area contributed by atoms with Crippen LogP contribution in [-0.2, 0) is 0 Å². The number of hydrogen-bond donors (Lipinski definition) is 0. The summed E-state index contributed by atoms with van der Waals surface area (Å²) in [5.41, 5.74) is 5.84. The van der Waals surface area contributed by atoms with Crippen LogP contribution < -0.4 is 10.3 Å². The lowest BCUT2D eigenvalue weighted by Gasteiger charge is -2.26. The fourth-order valence-corrected chi connectivity index (χ4v) is 5.65. The van der Waals surface area contributed by atoms with Crippen molar-refractivity contribution >= 4 is 67.4 Å². The quantitative estimate of drug-likeness (QED) is 0.144. The van der Waals surface area contributed by atoms with E-state index in [1.807, 2.05) is 78.9 Å². The molecule has 36 heavy (non-hydrogen) atoms. The second-order valence-corrected chi connectivity index (χ2v) is 9.33. The van der Waals surface area contributed by atoms with Crippen LogP contribution in [0.25, 0.3) is 38.1 Å². The molecule has 0 amide bonds. The zero-order chi connectivity index (χ0) is 24.2. The van der Waals surface area contributed by atoms with Crippen LogP contribution in [0.2, 0.25) is 0 Å². The van der Waals surface area contributed by atoms with E-state index in [1.165, 1.54) is 0 Å². The Balaban J connectivity index is 1.66. The van der Waals surface area contributed by atoms with Crippen LogP contribution in [-0.4, -0.2) is 4.40 Å². The van der Waals surface area contributed by atoms with Crippen LogP contribution in [0.3, 0.4) is 0 Å². The molecule has 0 saturated heterocycles. The van der Waals surface area contributed by atoms with Crippen LogP contribution >= 0.6 is 12.2 Å². The number of anilines is 3. The Kier molecular flexibility index (Phi) is 4.63. The van der Waals surface area contributed by atoms with Crippen molar-refractivity contribution in [1.29, 1.82) is 0 Å². The summed E-state index contributed by atoms with van der Waals surface area (Å²) >= 11 is 5.89. The maximum Gasteiger partial charge on any atom is 0.197 e. The maximum atomic E-state index is 13.7. The van der Waals surface area contributed by atoms with Gasteiger partial charge in [0, 0.05) is 38.6 Å². The molecule has 0 N–H and O–H groups in total. The second kappa shape index (κ2) is 8.01. The predicted molar refractivity (Wildman–Crippen MR) is 153 cm³/mol. The molecule has 3 nitrogen and oxygen atoms in total. The summed E-state index contributed by atoms with van der Waals surface area (Å²) < 4.78 is 2.99. The molecule has 0 atom stereocenters. The van der Waals surface area contributed by atoms with E-state index in [4.69, 9.17) is 12.2 Å². The molecule has 0 saturated carbocycles. The van der Waals surface area contributed by atoms with E-state index in [0.29, 0.717) is 10.8 Å². The van der Waals surface area contributed by atoms with Crippen LogP contribution in [0.4, 0.5) is 17.1 Å². The van der Waals surface area contributed by atoms with E-state index in [0.717, 1.165) is 48.9 Å². The van der Waals surface area contributed by atoms with Gasteiger partial charge >= 0.3 is 0 Å². The molecule has 0 aliphatic rings. The molecule has 0 spiro atoms. The number of para-hydroxylation sites is 4. The van der Waals surface area contributed by atoms with Crippen molar-refractivity contribution in [1.82, 2.24) is 4.40 Å². The third-order valence-corrected chi connectivity index (χ3v) is 7.33. The molecule has 170 valence electrons. The first-order chi connectivity index (χ1) is 17.7. The van der Waals surface area contributed by atoms with Crippen molar-refractivity contribution < 1.29 is 0 Å². The minimum atomic E-state index is 0.0257. The lowest BCUT2D eigenvalue weighted by Crippen LogP contribution is -2.12.